The van der Waals surface area contributed by atoms with E-state index in [4.69, 9.17) is 5.11 Å². The fourth-order valence-corrected chi connectivity index (χ4v) is 2.78. The molecule has 1 heterocycles. The summed E-state index contributed by atoms with van der Waals surface area (Å²) in [5, 5.41) is 14.7. The summed E-state index contributed by atoms with van der Waals surface area (Å²) in [5.41, 5.74) is -1.03. The molecule has 2 atom stereocenters. The van der Waals surface area contributed by atoms with E-state index in [0.717, 1.165) is 25.8 Å². The van der Waals surface area contributed by atoms with E-state index in [1.807, 2.05) is 0 Å². The average Bonchev–Trinajstić information content (AvgIpc) is 2.28. The highest BCUT2D eigenvalue weighted by Crippen LogP contribution is 2.32. The van der Waals surface area contributed by atoms with E-state index in [9.17, 15) is 9.59 Å². The number of urea groups is 1. The van der Waals surface area contributed by atoms with Crippen molar-refractivity contribution in [2.24, 2.45) is 0 Å². The average molecular weight is 269 g/mol. The van der Waals surface area contributed by atoms with Crippen LogP contribution in [-0.2, 0) is 4.79 Å². The van der Waals surface area contributed by atoms with Crippen molar-refractivity contribution in [2.45, 2.75) is 56.7 Å². The number of carboxylic acids is 1. The molecule has 1 aliphatic heterocycles. The van der Waals surface area contributed by atoms with Crippen LogP contribution in [0.5, 0.6) is 0 Å². The largest absolute Gasteiger partial charge is 0.480 e. The van der Waals surface area contributed by atoms with Crippen LogP contribution in [0.4, 0.5) is 4.79 Å². The molecule has 2 unspecified atom stereocenters. The molecule has 1 saturated carbocycles. The molecule has 0 spiro atoms. The number of nitrogens with zero attached hydrogens (tertiary/aromatic N) is 1. The van der Waals surface area contributed by atoms with Gasteiger partial charge in [-0.15, -0.1) is 0 Å². The molecule has 19 heavy (non-hydrogen) atoms. The summed E-state index contributed by atoms with van der Waals surface area (Å²) in [6, 6.07) is 0.233. The third-order valence-corrected chi connectivity index (χ3v) is 4.51. The molecule has 1 aliphatic carbocycles. The lowest BCUT2D eigenvalue weighted by atomic mass is 9.77. The first-order chi connectivity index (χ1) is 8.93. The molecule has 1 saturated heterocycles. The predicted octanol–water partition coefficient (Wildman–Crippen LogP) is 0.776. The predicted molar refractivity (Wildman–Crippen MR) is 71.0 cm³/mol. The summed E-state index contributed by atoms with van der Waals surface area (Å²) < 4.78 is 0. The van der Waals surface area contributed by atoms with Crippen molar-refractivity contribution >= 4 is 12.0 Å². The van der Waals surface area contributed by atoms with E-state index < -0.39 is 11.5 Å². The van der Waals surface area contributed by atoms with Gasteiger partial charge in [-0.05, 0) is 46.1 Å². The molecule has 0 aromatic heterocycles. The third-order valence-electron chi connectivity index (χ3n) is 4.51. The van der Waals surface area contributed by atoms with Crippen LogP contribution in [0, 0.1) is 0 Å². The lowest BCUT2D eigenvalue weighted by Crippen LogP contribution is -2.62. The fourth-order valence-electron chi connectivity index (χ4n) is 2.78. The van der Waals surface area contributed by atoms with Gasteiger partial charge in [0.15, 0.2) is 0 Å². The minimum Gasteiger partial charge on any atom is -0.480 e. The highest BCUT2D eigenvalue weighted by atomic mass is 16.4. The van der Waals surface area contributed by atoms with Crippen LogP contribution in [0.15, 0.2) is 0 Å². The van der Waals surface area contributed by atoms with Gasteiger partial charge in [0.25, 0.3) is 0 Å². The minimum atomic E-state index is -1.03. The van der Waals surface area contributed by atoms with E-state index in [-0.39, 0.29) is 12.1 Å². The molecular weight excluding hydrogens is 246 g/mol. The van der Waals surface area contributed by atoms with E-state index >= 15 is 0 Å². The van der Waals surface area contributed by atoms with Crippen LogP contribution in [0.25, 0.3) is 0 Å². The Morgan fingerprint density at radius 1 is 1.37 bits per heavy atom. The standard InChI is InChI=1S/C13H23N3O3/c1-9-8-10(4-7-16(9)2)14-12(19)15-13(11(17)18)5-3-6-13/h9-10H,3-8H2,1-2H3,(H,17,18)(H2,14,15,19). The molecule has 2 rings (SSSR count). The van der Waals surface area contributed by atoms with E-state index in [0.29, 0.717) is 18.9 Å². The lowest BCUT2D eigenvalue weighted by Gasteiger charge is -2.39. The molecular formula is C13H23N3O3. The van der Waals surface area contributed by atoms with Crippen molar-refractivity contribution in [3.05, 3.63) is 0 Å². The van der Waals surface area contributed by atoms with Crippen molar-refractivity contribution in [3.63, 3.8) is 0 Å². The molecule has 3 N–H and O–H groups in total. The van der Waals surface area contributed by atoms with E-state index in [1.165, 1.54) is 0 Å². The second-order valence-electron chi connectivity index (χ2n) is 5.89. The Bertz CT molecular complexity index is 368. The van der Waals surface area contributed by atoms with Gasteiger partial charge in [-0.25, -0.2) is 9.59 Å². The lowest BCUT2D eigenvalue weighted by molar-refractivity contribution is -0.148. The summed E-state index contributed by atoms with van der Waals surface area (Å²) in [4.78, 5) is 25.4. The van der Waals surface area contributed by atoms with Crippen molar-refractivity contribution < 1.29 is 14.7 Å². The Labute approximate surface area is 113 Å². The van der Waals surface area contributed by atoms with E-state index in [2.05, 4.69) is 29.5 Å². The number of piperidine rings is 1. The Morgan fingerprint density at radius 2 is 2.05 bits per heavy atom. The summed E-state index contributed by atoms with van der Waals surface area (Å²) >= 11 is 0. The number of carbonyl (C=O) groups is 2. The van der Waals surface area contributed by atoms with Crippen molar-refractivity contribution in [1.29, 1.82) is 0 Å². The molecule has 0 radical (unpaired) electrons. The van der Waals surface area contributed by atoms with E-state index in [1.54, 1.807) is 0 Å². The summed E-state index contributed by atoms with van der Waals surface area (Å²) in [6.45, 7) is 3.09. The zero-order valence-corrected chi connectivity index (χ0v) is 11.6. The van der Waals surface area contributed by atoms with Gasteiger partial charge in [-0.1, -0.05) is 0 Å². The topological polar surface area (TPSA) is 81.7 Å². The zero-order valence-electron chi connectivity index (χ0n) is 11.6. The fraction of sp³-hybridized carbons (Fsp3) is 0.846. The smallest absolute Gasteiger partial charge is 0.329 e. The van der Waals surface area contributed by atoms with Crippen molar-refractivity contribution in [2.75, 3.05) is 13.6 Å². The summed E-state index contributed by atoms with van der Waals surface area (Å²) in [6.07, 6.45) is 3.73. The second-order valence-corrected chi connectivity index (χ2v) is 5.89. The highest BCUT2D eigenvalue weighted by Gasteiger charge is 2.45. The van der Waals surface area contributed by atoms with Crippen LogP contribution in [0.2, 0.25) is 0 Å². The molecule has 2 fully saturated rings. The van der Waals surface area contributed by atoms with Gasteiger partial charge in [0.2, 0.25) is 0 Å². The van der Waals surface area contributed by atoms with Gasteiger partial charge >= 0.3 is 12.0 Å². The Balaban J connectivity index is 1.83. The number of carbonyl (C=O) groups excluding carboxylic acids is 1. The summed E-state index contributed by atoms with van der Waals surface area (Å²) in [7, 11) is 2.08. The molecule has 0 bridgehead atoms. The van der Waals surface area contributed by atoms with Crippen molar-refractivity contribution in [1.82, 2.24) is 15.5 Å². The molecule has 6 heteroatoms. The van der Waals surface area contributed by atoms with Crippen LogP contribution in [-0.4, -0.2) is 53.2 Å². The Kier molecular flexibility index (Phi) is 3.99. The quantitative estimate of drug-likeness (QED) is 0.707. The number of aliphatic carboxylic acids is 1. The molecule has 2 amide bonds. The number of nitrogens with one attached hydrogen (secondary N) is 2. The zero-order chi connectivity index (χ0) is 14.0. The molecule has 6 nitrogen and oxygen atoms in total. The Hall–Kier alpha value is -1.30. The van der Waals surface area contributed by atoms with Gasteiger partial charge in [0.1, 0.15) is 5.54 Å². The van der Waals surface area contributed by atoms with Gasteiger partial charge in [0.05, 0.1) is 0 Å². The summed E-state index contributed by atoms with van der Waals surface area (Å²) in [5.74, 6) is -0.925. The number of carboxylic acid groups (broad SMARTS) is 1. The second kappa shape index (κ2) is 5.36. The van der Waals surface area contributed by atoms with Crippen LogP contribution in [0.3, 0.4) is 0 Å². The first-order valence-electron chi connectivity index (χ1n) is 6.95. The number of hydrogen-bond acceptors (Lipinski definition) is 3. The maximum atomic E-state index is 11.9. The number of hydrogen-bond donors (Lipinski definition) is 3. The number of amides is 2. The molecule has 108 valence electrons. The highest BCUT2D eigenvalue weighted by molar-refractivity contribution is 5.87. The first-order valence-corrected chi connectivity index (χ1v) is 6.95. The maximum Gasteiger partial charge on any atom is 0.329 e. The monoisotopic (exact) mass is 269 g/mol. The molecule has 0 aromatic rings. The van der Waals surface area contributed by atoms with Gasteiger partial charge in [0, 0.05) is 18.6 Å². The number of rotatable bonds is 3. The number of likely N-dealkylation sites (tertiary alicyclic amines) is 1. The van der Waals surface area contributed by atoms with Gasteiger partial charge in [-0.3, -0.25) is 0 Å². The molecule has 2 aliphatic rings. The first kappa shape index (κ1) is 14.1. The van der Waals surface area contributed by atoms with Crippen LogP contribution in [0.1, 0.15) is 39.0 Å². The Morgan fingerprint density at radius 3 is 2.53 bits per heavy atom. The van der Waals surface area contributed by atoms with Crippen LogP contribution < -0.4 is 10.6 Å². The maximum absolute atomic E-state index is 11.9. The van der Waals surface area contributed by atoms with Crippen molar-refractivity contribution in [3.8, 4) is 0 Å². The minimum absolute atomic E-state index is 0.136. The SMILES string of the molecule is CC1CC(NC(=O)NC2(C(=O)O)CCC2)CCN1C. The normalized spacial score (nSPS) is 30.2. The third kappa shape index (κ3) is 3.00. The molecule has 0 aromatic carbocycles. The van der Waals surface area contributed by atoms with Gasteiger partial charge < -0.3 is 20.6 Å². The van der Waals surface area contributed by atoms with Gasteiger partial charge in [-0.2, -0.15) is 0 Å². The van der Waals surface area contributed by atoms with Crippen LogP contribution >= 0.6 is 0 Å².